The molecule has 1 aliphatic rings. The van der Waals surface area contributed by atoms with Gasteiger partial charge in [0.1, 0.15) is 0 Å². The van der Waals surface area contributed by atoms with Gasteiger partial charge in [-0.3, -0.25) is 9.89 Å². The van der Waals surface area contributed by atoms with Crippen LogP contribution in [-0.4, -0.2) is 40.1 Å². The Hall–Kier alpha value is -1.88. The number of H-pyrrole nitrogens is 1. The fourth-order valence-corrected chi connectivity index (χ4v) is 2.90. The van der Waals surface area contributed by atoms with Gasteiger partial charge in [-0.2, -0.15) is 5.10 Å². The Labute approximate surface area is 111 Å². The maximum atomic E-state index is 12.7. The van der Waals surface area contributed by atoms with Crippen LogP contribution in [0.15, 0.2) is 24.4 Å². The van der Waals surface area contributed by atoms with E-state index in [1.54, 1.807) is 6.20 Å². The highest BCUT2D eigenvalue weighted by Gasteiger charge is 2.32. The summed E-state index contributed by atoms with van der Waals surface area (Å²) in [5, 5.41) is 7.88. The first kappa shape index (κ1) is 12.2. The molecule has 19 heavy (non-hydrogen) atoms. The Morgan fingerprint density at radius 1 is 1.58 bits per heavy atom. The molecule has 2 aromatic rings. The van der Waals surface area contributed by atoms with Crippen LogP contribution in [-0.2, 0) is 0 Å². The van der Waals surface area contributed by atoms with Crippen molar-refractivity contribution in [1.82, 2.24) is 15.1 Å². The minimum absolute atomic E-state index is 0.0679. The first-order chi connectivity index (χ1) is 9.20. The number of carbonyl (C=O) groups excluding carboxylic acids is 1. The molecule has 1 fully saturated rings. The van der Waals surface area contributed by atoms with E-state index in [0.717, 1.165) is 23.9 Å². The maximum absolute atomic E-state index is 12.7. The Kier molecular flexibility index (Phi) is 2.98. The molecule has 1 aromatic carbocycles. The molecule has 2 atom stereocenters. The van der Waals surface area contributed by atoms with Gasteiger partial charge in [-0.25, -0.2) is 0 Å². The zero-order valence-corrected chi connectivity index (χ0v) is 11.0. The van der Waals surface area contributed by atoms with E-state index in [4.69, 9.17) is 5.73 Å². The van der Waals surface area contributed by atoms with Gasteiger partial charge in [-0.1, -0.05) is 12.1 Å². The molecule has 2 heterocycles. The van der Waals surface area contributed by atoms with Gasteiger partial charge in [0.05, 0.1) is 17.3 Å². The van der Waals surface area contributed by atoms with Crippen molar-refractivity contribution >= 4 is 16.8 Å². The smallest absolute Gasteiger partial charge is 0.256 e. The molecule has 3 N–H and O–H groups in total. The number of hydrogen-bond acceptors (Lipinski definition) is 3. The molecule has 1 aromatic heterocycles. The Bertz CT molecular complexity index is 606. The predicted octanol–water partition coefficient (Wildman–Crippen LogP) is 1.37. The van der Waals surface area contributed by atoms with E-state index in [1.165, 1.54) is 0 Å². The van der Waals surface area contributed by atoms with Crippen molar-refractivity contribution in [2.75, 3.05) is 13.1 Å². The number of para-hydroxylation sites is 1. The third kappa shape index (κ3) is 2.00. The Morgan fingerprint density at radius 2 is 2.42 bits per heavy atom. The number of nitrogens with one attached hydrogen (secondary N) is 1. The Balaban J connectivity index is 1.94. The highest BCUT2D eigenvalue weighted by molar-refractivity contribution is 6.05. The van der Waals surface area contributed by atoms with Gasteiger partial charge < -0.3 is 10.6 Å². The van der Waals surface area contributed by atoms with Gasteiger partial charge in [0.2, 0.25) is 0 Å². The molecule has 2 unspecified atom stereocenters. The number of nitrogens with zero attached hydrogens (tertiary/aromatic N) is 2. The average molecular weight is 258 g/mol. The predicted molar refractivity (Wildman–Crippen MR) is 73.8 cm³/mol. The molecule has 100 valence electrons. The molecule has 1 amide bonds. The number of likely N-dealkylation sites (tertiary alicyclic amines) is 1. The molecule has 0 spiro atoms. The van der Waals surface area contributed by atoms with Crippen LogP contribution in [0.25, 0.3) is 10.9 Å². The van der Waals surface area contributed by atoms with Gasteiger partial charge in [0, 0.05) is 18.0 Å². The standard InChI is InChI=1S/C14H18N4O/c1-9-5-10(6-15)8-18(9)14(19)12-4-2-3-11-7-16-17-13(11)12/h2-4,7,9-10H,5-6,8,15H2,1H3,(H,16,17). The van der Waals surface area contributed by atoms with Crippen LogP contribution in [0.1, 0.15) is 23.7 Å². The molecule has 0 aliphatic carbocycles. The number of amides is 1. The third-order valence-corrected chi connectivity index (χ3v) is 3.96. The van der Waals surface area contributed by atoms with Crippen molar-refractivity contribution in [3.05, 3.63) is 30.0 Å². The molecule has 1 aliphatic heterocycles. The lowest BCUT2D eigenvalue weighted by molar-refractivity contribution is 0.0745. The van der Waals surface area contributed by atoms with Crippen molar-refractivity contribution in [1.29, 1.82) is 0 Å². The number of nitrogens with two attached hydrogens (primary N) is 1. The zero-order valence-electron chi connectivity index (χ0n) is 11.0. The summed E-state index contributed by atoms with van der Waals surface area (Å²) in [6, 6.07) is 5.95. The van der Waals surface area contributed by atoms with Crippen LogP contribution in [0.4, 0.5) is 0 Å². The van der Waals surface area contributed by atoms with Gasteiger partial charge in [-0.15, -0.1) is 0 Å². The minimum Gasteiger partial charge on any atom is -0.336 e. The van der Waals surface area contributed by atoms with Crippen LogP contribution in [0.3, 0.4) is 0 Å². The van der Waals surface area contributed by atoms with Gasteiger partial charge in [-0.05, 0) is 31.9 Å². The quantitative estimate of drug-likeness (QED) is 0.854. The van der Waals surface area contributed by atoms with E-state index in [2.05, 4.69) is 17.1 Å². The SMILES string of the molecule is CC1CC(CN)CN1C(=O)c1cccc2cn[nH]c12. The molecule has 1 saturated heterocycles. The highest BCUT2D eigenvalue weighted by atomic mass is 16.2. The van der Waals surface area contributed by atoms with Crippen LogP contribution >= 0.6 is 0 Å². The molecule has 5 nitrogen and oxygen atoms in total. The third-order valence-electron chi connectivity index (χ3n) is 3.96. The van der Waals surface area contributed by atoms with E-state index in [1.807, 2.05) is 23.1 Å². The summed E-state index contributed by atoms with van der Waals surface area (Å²) in [5.41, 5.74) is 7.23. The maximum Gasteiger partial charge on any atom is 0.256 e. The largest absolute Gasteiger partial charge is 0.336 e. The van der Waals surface area contributed by atoms with Crippen molar-refractivity contribution < 1.29 is 4.79 Å². The Morgan fingerprint density at radius 3 is 3.16 bits per heavy atom. The van der Waals surface area contributed by atoms with Crippen LogP contribution in [0.2, 0.25) is 0 Å². The van der Waals surface area contributed by atoms with E-state index in [0.29, 0.717) is 18.0 Å². The fourth-order valence-electron chi connectivity index (χ4n) is 2.90. The van der Waals surface area contributed by atoms with Crippen molar-refractivity contribution in [2.45, 2.75) is 19.4 Å². The van der Waals surface area contributed by atoms with E-state index >= 15 is 0 Å². The number of benzene rings is 1. The van der Waals surface area contributed by atoms with Crippen molar-refractivity contribution in [3.8, 4) is 0 Å². The molecule has 3 rings (SSSR count). The average Bonchev–Trinajstić information content (AvgIpc) is 3.03. The lowest BCUT2D eigenvalue weighted by atomic mass is 10.1. The lowest BCUT2D eigenvalue weighted by Crippen LogP contribution is -2.34. The summed E-state index contributed by atoms with van der Waals surface area (Å²) in [6.07, 6.45) is 2.73. The van der Waals surface area contributed by atoms with Crippen LogP contribution < -0.4 is 5.73 Å². The number of aromatic nitrogens is 2. The summed E-state index contributed by atoms with van der Waals surface area (Å²) >= 11 is 0. The molecule has 5 heteroatoms. The van der Waals surface area contributed by atoms with Crippen LogP contribution in [0, 0.1) is 5.92 Å². The number of hydrogen-bond donors (Lipinski definition) is 2. The van der Waals surface area contributed by atoms with E-state index in [-0.39, 0.29) is 11.9 Å². The topological polar surface area (TPSA) is 75.0 Å². The second-order valence-corrected chi connectivity index (χ2v) is 5.28. The number of fused-ring (bicyclic) bond motifs is 1. The minimum atomic E-state index is 0.0679. The fraction of sp³-hybridized carbons (Fsp3) is 0.429. The van der Waals surface area contributed by atoms with E-state index < -0.39 is 0 Å². The number of carbonyl (C=O) groups is 1. The summed E-state index contributed by atoms with van der Waals surface area (Å²) < 4.78 is 0. The lowest BCUT2D eigenvalue weighted by Gasteiger charge is -2.21. The van der Waals surface area contributed by atoms with Gasteiger partial charge >= 0.3 is 0 Å². The number of rotatable bonds is 2. The first-order valence-corrected chi connectivity index (χ1v) is 6.64. The van der Waals surface area contributed by atoms with Gasteiger partial charge in [0.15, 0.2) is 0 Å². The number of aromatic amines is 1. The molecule has 0 radical (unpaired) electrons. The monoisotopic (exact) mass is 258 g/mol. The molecular weight excluding hydrogens is 240 g/mol. The van der Waals surface area contributed by atoms with Gasteiger partial charge in [0.25, 0.3) is 5.91 Å². The van der Waals surface area contributed by atoms with Crippen LogP contribution in [0.5, 0.6) is 0 Å². The zero-order chi connectivity index (χ0) is 13.4. The summed E-state index contributed by atoms with van der Waals surface area (Å²) in [5.74, 6) is 0.484. The second kappa shape index (κ2) is 4.66. The molecular formula is C14H18N4O. The molecule has 0 bridgehead atoms. The normalized spacial score (nSPS) is 23.2. The van der Waals surface area contributed by atoms with Crippen molar-refractivity contribution in [2.24, 2.45) is 11.7 Å². The second-order valence-electron chi connectivity index (χ2n) is 5.28. The molecule has 0 saturated carbocycles. The first-order valence-electron chi connectivity index (χ1n) is 6.64. The van der Waals surface area contributed by atoms with E-state index in [9.17, 15) is 4.79 Å². The van der Waals surface area contributed by atoms with Crippen molar-refractivity contribution in [3.63, 3.8) is 0 Å². The summed E-state index contributed by atoms with van der Waals surface area (Å²) in [4.78, 5) is 14.6. The summed E-state index contributed by atoms with van der Waals surface area (Å²) in [7, 11) is 0. The highest BCUT2D eigenvalue weighted by Crippen LogP contribution is 2.26. The summed E-state index contributed by atoms with van der Waals surface area (Å²) in [6.45, 7) is 3.48.